The molecule has 82 valence electrons. The van der Waals surface area contributed by atoms with Gasteiger partial charge in [0.05, 0.1) is 0 Å². The summed E-state index contributed by atoms with van der Waals surface area (Å²) in [6.45, 7) is 7.89. The van der Waals surface area contributed by atoms with Gasteiger partial charge < -0.3 is 4.74 Å². The van der Waals surface area contributed by atoms with Gasteiger partial charge in [0.15, 0.2) is 0 Å². The fraction of sp³-hybridized carbons (Fsp3) is 0.818. The summed E-state index contributed by atoms with van der Waals surface area (Å²) in [4.78, 5) is 22.2. The first-order valence-corrected chi connectivity index (χ1v) is 5.15. The van der Waals surface area contributed by atoms with Crippen LogP contribution in [0.1, 0.15) is 47.0 Å². The van der Waals surface area contributed by atoms with Gasteiger partial charge in [-0.3, -0.25) is 9.59 Å². The van der Waals surface area contributed by atoms with Gasteiger partial charge in [-0.25, -0.2) is 0 Å². The van der Waals surface area contributed by atoms with Gasteiger partial charge in [-0.1, -0.05) is 27.7 Å². The highest BCUT2D eigenvalue weighted by molar-refractivity contribution is 5.85. The third-order valence-electron chi connectivity index (χ3n) is 1.73. The van der Waals surface area contributed by atoms with E-state index in [1.54, 1.807) is 0 Å². The van der Waals surface area contributed by atoms with Crippen molar-refractivity contribution in [3.63, 3.8) is 0 Å². The first-order chi connectivity index (χ1) is 6.41. The van der Waals surface area contributed by atoms with Gasteiger partial charge in [0, 0.05) is 12.8 Å². The lowest BCUT2D eigenvalue weighted by molar-refractivity contribution is -0.160. The third kappa shape index (κ3) is 7.77. The summed E-state index contributed by atoms with van der Waals surface area (Å²) in [7, 11) is 0. The van der Waals surface area contributed by atoms with Crippen molar-refractivity contribution in [1.29, 1.82) is 0 Å². The van der Waals surface area contributed by atoms with Crippen LogP contribution in [0, 0.1) is 11.8 Å². The Balaban J connectivity index is 3.66. The summed E-state index contributed by atoms with van der Waals surface area (Å²) >= 11 is 0. The molecule has 0 spiro atoms. The van der Waals surface area contributed by atoms with E-state index in [1.165, 1.54) is 0 Å². The zero-order valence-electron chi connectivity index (χ0n) is 9.50. The van der Waals surface area contributed by atoms with Crippen molar-refractivity contribution < 1.29 is 14.3 Å². The Morgan fingerprint density at radius 1 is 1.00 bits per heavy atom. The van der Waals surface area contributed by atoms with Crippen LogP contribution in [-0.2, 0) is 14.3 Å². The quantitative estimate of drug-likeness (QED) is 0.506. The Hall–Kier alpha value is -0.860. The van der Waals surface area contributed by atoms with Crippen molar-refractivity contribution in [2.24, 2.45) is 11.8 Å². The predicted molar refractivity (Wildman–Crippen MR) is 54.6 cm³/mol. The minimum atomic E-state index is -0.409. The van der Waals surface area contributed by atoms with E-state index >= 15 is 0 Å². The van der Waals surface area contributed by atoms with Gasteiger partial charge in [-0.05, 0) is 18.3 Å². The Morgan fingerprint density at radius 3 is 2.00 bits per heavy atom. The van der Waals surface area contributed by atoms with Crippen LogP contribution in [0.4, 0.5) is 0 Å². The number of hydrogen-bond acceptors (Lipinski definition) is 3. The average Bonchev–Trinajstić information content (AvgIpc) is 1.98. The molecule has 0 amide bonds. The van der Waals surface area contributed by atoms with Crippen molar-refractivity contribution in [2.75, 3.05) is 0 Å². The number of rotatable bonds is 5. The Labute approximate surface area is 85.8 Å². The van der Waals surface area contributed by atoms with Crippen molar-refractivity contribution >= 4 is 11.9 Å². The maximum Gasteiger partial charge on any atom is 0.313 e. The minimum Gasteiger partial charge on any atom is -0.393 e. The van der Waals surface area contributed by atoms with Crippen LogP contribution in [0.2, 0.25) is 0 Å². The molecule has 0 saturated heterocycles. The number of carbonyl (C=O) groups is 2. The molecule has 0 fully saturated rings. The van der Waals surface area contributed by atoms with E-state index in [9.17, 15) is 9.59 Å². The second kappa shape index (κ2) is 6.57. The minimum absolute atomic E-state index is 0.236. The Kier molecular flexibility index (Phi) is 6.17. The molecule has 3 nitrogen and oxygen atoms in total. The van der Waals surface area contributed by atoms with E-state index in [-0.39, 0.29) is 5.92 Å². The number of carbonyl (C=O) groups excluding carboxylic acids is 2. The lowest BCUT2D eigenvalue weighted by atomic mass is 10.1. The highest BCUT2D eigenvalue weighted by Gasteiger charge is 2.12. The van der Waals surface area contributed by atoms with Crippen LogP contribution < -0.4 is 0 Å². The molecule has 0 unspecified atom stereocenters. The largest absolute Gasteiger partial charge is 0.393 e. The van der Waals surface area contributed by atoms with Crippen LogP contribution in [-0.4, -0.2) is 11.9 Å². The van der Waals surface area contributed by atoms with Crippen LogP contribution in [0.5, 0.6) is 0 Å². The molecule has 0 aliphatic heterocycles. The second-order valence-electron chi connectivity index (χ2n) is 4.38. The SMILES string of the molecule is CC(C)CCC(=O)OC(=O)CC(C)C. The highest BCUT2D eigenvalue weighted by Crippen LogP contribution is 2.06. The average molecular weight is 200 g/mol. The zero-order chi connectivity index (χ0) is 11.1. The number of esters is 2. The van der Waals surface area contributed by atoms with E-state index < -0.39 is 11.9 Å². The van der Waals surface area contributed by atoms with Crippen LogP contribution >= 0.6 is 0 Å². The third-order valence-corrected chi connectivity index (χ3v) is 1.73. The first-order valence-electron chi connectivity index (χ1n) is 5.15. The maximum atomic E-state index is 11.1. The summed E-state index contributed by atoms with van der Waals surface area (Å²) < 4.78 is 4.63. The van der Waals surface area contributed by atoms with Gasteiger partial charge in [-0.2, -0.15) is 0 Å². The number of ether oxygens (including phenoxy) is 1. The lowest BCUT2D eigenvalue weighted by Crippen LogP contribution is -2.14. The van der Waals surface area contributed by atoms with E-state index in [0.717, 1.165) is 6.42 Å². The van der Waals surface area contributed by atoms with Crippen molar-refractivity contribution in [2.45, 2.75) is 47.0 Å². The Bertz CT molecular complexity index is 195. The molecule has 0 saturated carbocycles. The molecule has 14 heavy (non-hydrogen) atoms. The van der Waals surface area contributed by atoms with E-state index in [1.807, 2.05) is 27.7 Å². The topological polar surface area (TPSA) is 43.4 Å². The lowest BCUT2D eigenvalue weighted by Gasteiger charge is -2.06. The second-order valence-corrected chi connectivity index (χ2v) is 4.38. The summed E-state index contributed by atoms with van der Waals surface area (Å²) in [6.07, 6.45) is 1.42. The number of hydrogen-bond donors (Lipinski definition) is 0. The molecular formula is C11H20O3. The molecule has 3 heteroatoms. The van der Waals surface area contributed by atoms with Gasteiger partial charge in [0.1, 0.15) is 0 Å². The summed E-state index contributed by atoms with van der Waals surface area (Å²) in [5.41, 5.74) is 0. The monoisotopic (exact) mass is 200 g/mol. The standard InChI is InChI=1S/C11H20O3/c1-8(2)5-6-10(12)14-11(13)7-9(3)4/h8-9H,5-7H2,1-4H3. The molecule has 0 radical (unpaired) electrons. The Morgan fingerprint density at radius 2 is 1.57 bits per heavy atom. The molecule has 0 aromatic rings. The molecule has 0 rings (SSSR count). The summed E-state index contributed by atoms with van der Waals surface area (Å²) in [6, 6.07) is 0. The molecular weight excluding hydrogens is 180 g/mol. The molecule has 0 aliphatic carbocycles. The van der Waals surface area contributed by atoms with Gasteiger partial charge in [0.2, 0.25) is 0 Å². The predicted octanol–water partition coefficient (Wildman–Crippen LogP) is 2.54. The van der Waals surface area contributed by atoms with E-state index in [2.05, 4.69) is 4.74 Å². The molecule has 0 bridgehead atoms. The van der Waals surface area contributed by atoms with E-state index in [4.69, 9.17) is 0 Å². The maximum absolute atomic E-state index is 11.1. The first kappa shape index (κ1) is 13.1. The van der Waals surface area contributed by atoms with Gasteiger partial charge in [0.25, 0.3) is 0 Å². The van der Waals surface area contributed by atoms with Gasteiger partial charge >= 0.3 is 11.9 Å². The molecule has 0 aromatic carbocycles. The van der Waals surface area contributed by atoms with Gasteiger partial charge in [-0.15, -0.1) is 0 Å². The smallest absolute Gasteiger partial charge is 0.313 e. The molecule has 0 atom stereocenters. The fourth-order valence-corrected chi connectivity index (χ4v) is 0.960. The summed E-state index contributed by atoms with van der Waals surface area (Å²) in [5.74, 6) is -0.110. The van der Waals surface area contributed by atoms with Crippen molar-refractivity contribution in [1.82, 2.24) is 0 Å². The van der Waals surface area contributed by atoms with Crippen LogP contribution in [0.25, 0.3) is 0 Å². The molecule has 0 aliphatic rings. The van der Waals surface area contributed by atoms with Crippen LogP contribution in [0.15, 0.2) is 0 Å². The zero-order valence-corrected chi connectivity index (χ0v) is 9.50. The van der Waals surface area contributed by atoms with Crippen molar-refractivity contribution in [3.05, 3.63) is 0 Å². The molecule has 0 N–H and O–H groups in total. The van der Waals surface area contributed by atoms with Crippen molar-refractivity contribution in [3.8, 4) is 0 Å². The fourth-order valence-electron chi connectivity index (χ4n) is 0.960. The highest BCUT2D eigenvalue weighted by atomic mass is 16.6. The molecule has 0 aromatic heterocycles. The normalized spacial score (nSPS) is 10.7. The van der Waals surface area contributed by atoms with Crippen LogP contribution in [0.3, 0.4) is 0 Å². The molecule has 0 heterocycles. The van der Waals surface area contributed by atoms with E-state index in [0.29, 0.717) is 18.8 Å². The summed E-state index contributed by atoms with van der Waals surface area (Å²) in [5, 5.41) is 0.